The second-order valence-corrected chi connectivity index (χ2v) is 6.28. The van der Waals surface area contributed by atoms with Crippen molar-refractivity contribution in [2.45, 2.75) is 11.8 Å². The Hall–Kier alpha value is -2.62. The number of sulfonamides is 1. The fourth-order valence-electron chi connectivity index (χ4n) is 2.07. The number of primary sulfonamides is 1. The van der Waals surface area contributed by atoms with Gasteiger partial charge in [0.05, 0.1) is 10.5 Å². The molecule has 2 aromatic rings. The SMILES string of the molecule is C#Cc1cc(-c2ccc(C)cc2)c(S(N)(=O)=O)cc1C(=O)O. The molecule has 0 fully saturated rings. The highest BCUT2D eigenvalue weighted by Gasteiger charge is 2.21. The number of aryl methyl sites for hydroxylation is 1. The van der Waals surface area contributed by atoms with Crippen LogP contribution in [-0.4, -0.2) is 19.5 Å². The Labute approximate surface area is 128 Å². The number of hydrogen-bond acceptors (Lipinski definition) is 3. The fourth-order valence-corrected chi connectivity index (χ4v) is 2.84. The minimum absolute atomic E-state index is 0.0930. The Morgan fingerprint density at radius 1 is 1.23 bits per heavy atom. The summed E-state index contributed by atoms with van der Waals surface area (Å²) in [7, 11) is -4.10. The van der Waals surface area contributed by atoms with Crippen LogP contribution in [0.2, 0.25) is 0 Å². The zero-order chi connectivity index (χ0) is 16.5. The van der Waals surface area contributed by atoms with E-state index in [-0.39, 0.29) is 21.6 Å². The van der Waals surface area contributed by atoms with E-state index >= 15 is 0 Å². The van der Waals surface area contributed by atoms with Gasteiger partial charge in [0.2, 0.25) is 10.0 Å². The topological polar surface area (TPSA) is 97.5 Å². The maximum Gasteiger partial charge on any atom is 0.337 e. The summed E-state index contributed by atoms with van der Waals surface area (Å²) in [4.78, 5) is 11.0. The Morgan fingerprint density at radius 3 is 2.27 bits per heavy atom. The van der Waals surface area contributed by atoms with E-state index in [1.807, 2.05) is 19.1 Å². The summed E-state index contributed by atoms with van der Waals surface area (Å²) in [5.74, 6) is 0.949. The third kappa shape index (κ3) is 3.01. The van der Waals surface area contributed by atoms with Gasteiger partial charge in [-0.25, -0.2) is 18.4 Å². The van der Waals surface area contributed by atoms with Crippen molar-refractivity contribution < 1.29 is 18.3 Å². The monoisotopic (exact) mass is 315 g/mol. The van der Waals surface area contributed by atoms with Gasteiger partial charge in [-0.1, -0.05) is 35.7 Å². The van der Waals surface area contributed by atoms with E-state index in [1.54, 1.807) is 12.1 Å². The molecule has 0 aliphatic rings. The van der Waals surface area contributed by atoms with Gasteiger partial charge in [-0.2, -0.15) is 0 Å². The van der Waals surface area contributed by atoms with Gasteiger partial charge in [0.1, 0.15) is 0 Å². The first kappa shape index (κ1) is 15.8. The average molecular weight is 315 g/mol. The number of carboxylic acid groups (broad SMARTS) is 1. The number of carbonyl (C=O) groups is 1. The number of rotatable bonds is 3. The first-order valence-electron chi connectivity index (χ1n) is 6.22. The van der Waals surface area contributed by atoms with Crippen molar-refractivity contribution in [3.63, 3.8) is 0 Å². The lowest BCUT2D eigenvalue weighted by Crippen LogP contribution is -2.15. The molecule has 22 heavy (non-hydrogen) atoms. The number of aromatic carboxylic acids is 1. The van der Waals surface area contributed by atoms with Gasteiger partial charge in [0, 0.05) is 11.1 Å². The van der Waals surface area contributed by atoms with Crippen molar-refractivity contribution in [1.29, 1.82) is 0 Å². The summed E-state index contributed by atoms with van der Waals surface area (Å²) in [5, 5.41) is 14.4. The minimum Gasteiger partial charge on any atom is -0.478 e. The van der Waals surface area contributed by atoms with Crippen LogP contribution in [0.25, 0.3) is 11.1 Å². The van der Waals surface area contributed by atoms with Crippen LogP contribution < -0.4 is 5.14 Å². The number of benzene rings is 2. The predicted octanol–water partition coefficient (Wildman–Crippen LogP) is 1.99. The van der Waals surface area contributed by atoms with E-state index in [2.05, 4.69) is 5.92 Å². The molecule has 3 N–H and O–H groups in total. The molecule has 2 aromatic carbocycles. The number of terminal acetylenes is 1. The van der Waals surface area contributed by atoms with Crippen molar-refractivity contribution in [1.82, 2.24) is 0 Å². The third-order valence-corrected chi connectivity index (χ3v) is 4.13. The van der Waals surface area contributed by atoms with Crippen LogP contribution >= 0.6 is 0 Å². The summed E-state index contributed by atoms with van der Waals surface area (Å²) in [6, 6.07) is 9.42. The third-order valence-electron chi connectivity index (χ3n) is 3.17. The Kier molecular flexibility index (Phi) is 4.04. The number of nitrogens with two attached hydrogens (primary N) is 1. The van der Waals surface area contributed by atoms with Crippen LogP contribution in [-0.2, 0) is 10.0 Å². The highest BCUT2D eigenvalue weighted by atomic mass is 32.2. The van der Waals surface area contributed by atoms with E-state index in [4.69, 9.17) is 16.7 Å². The highest BCUT2D eigenvalue weighted by Crippen LogP contribution is 2.30. The Bertz CT molecular complexity index is 891. The summed E-state index contributed by atoms with van der Waals surface area (Å²) in [6.07, 6.45) is 5.32. The number of carboxylic acids is 1. The molecule has 2 rings (SSSR count). The van der Waals surface area contributed by atoms with E-state index < -0.39 is 16.0 Å². The summed E-state index contributed by atoms with van der Waals surface area (Å²) in [5.41, 5.74) is 1.68. The van der Waals surface area contributed by atoms with Gasteiger partial charge >= 0.3 is 5.97 Å². The molecule has 5 nitrogen and oxygen atoms in total. The number of hydrogen-bond donors (Lipinski definition) is 2. The predicted molar refractivity (Wildman–Crippen MR) is 82.9 cm³/mol. The molecule has 112 valence electrons. The summed E-state index contributed by atoms with van der Waals surface area (Å²) < 4.78 is 23.6. The molecule has 0 spiro atoms. The van der Waals surface area contributed by atoms with Crippen LogP contribution in [0.1, 0.15) is 21.5 Å². The quantitative estimate of drug-likeness (QED) is 0.846. The highest BCUT2D eigenvalue weighted by molar-refractivity contribution is 7.89. The van der Waals surface area contributed by atoms with E-state index in [1.165, 1.54) is 6.07 Å². The molecular formula is C16H13NO4S. The lowest BCUT2D eigenvalue weighted by molar-refractivity contribution is 0.0696. The molecule has 0 radical (unpaired) electrons. The van der Waals surface area contributed by atoms with Crippen molar-refractivity contribution in [2.24, 2.45) is 5.14 Å². The lowest BCUT2D eigenvalue weighted by atomic mass is 9.98. The molecule has 6 heteroatoms. The van der Waals surface area contributed by atoms with Gasteiger partial charge < -0.3 is 5.11 Å². The molecule has 0 aliphatic carbocycles. The van der Waals surface area contributed by atoms with Gasteiger partial charge in [-0.15, -0.1) is 6.42 Å². The van der Waals surface area contributed by atoms with E-state index in [9.17, 15) is 13.2 Å². The normalized spacial score (nSPS) is 11.0. The van der Waals surface area contributed by atoms with E-state index in [0.29, 0.717) is 5.56 Å². The fraction of sp³-hybridized carbons (Fsp3) is 0.0625. The van der Waals surface area contributed by atoms with Crippen LogP contribution in [0.4, 0.5) is 0 Å². The first-order valence-corrected chi connectivity index (χ1v) is 7.76. The second-order valence-electron chi connectivity index (χ2n) is 4.75. The maximum absolute atomic E-state index is 11.8. The van der Waals surface area contributed by atoms with Crippen molar-refractivity contribution in [3.8, 4) is 23.5 Å². The zero-order valence-electron chi connectivity index (χ0n) is 11.7. The largest absolute Gasteiger partial charge is 0.478 e. The van der Waals surface area contributed by atoms with Crippen LogP contribution in [0, 0.1) is 19.3 Å². The van der Waals surface area contributed by atoms with Crippen LogP contribution in [0.3, 0.4) is 0 Å². The van der Waals surface area contributed by atoms with Gasteiger partial charge in [0.15, 0.2) is 0 Å². The Balaban J connectivity index is 2.85. The second kappa shape index (κ2) is 5.64. The molecule has 0 amide bonds. The molecule has 0 aromatic heterocycles. The molecule has 0 aliphatic heterocycles. The molecule has 0 unspecified atom stereocenters. The lowest BCUT2D eigenvalue weighted by Gasteiger charge is -2.11. The van der Waals surface area contributed by atoms with Gasteiger partial charge in [0.25, 0.3) is 0 Å². The molecular weight excluding hydrogens is 302 g/mol. The van der Waals surface area contributed by atoms with Crippen molar-refractivity contribution >= 4 is 16.0 Å². The Morgan fingerprint density at radius 2 is 1.82 bits per heavy atom. The van der Waals surface area contributed by atoms with Crippen molar-refractivity contribution in [3.05, 3.63) is 53.1 Å². The standard InChI is InChI=1S/C16H13NO4S/c1-3-11-8-13(12-6-4-10(2)5-7-12)15(22(17,20)21)9-14(11)16(18)19/h1,4-9H,2H3,(H,18,19)(H2,17,20,21). The molecule has 0 bridgehead atoms. The molecule has 0 heterocycles. The van der Waals surface area contributed by atoms with Crippen LogP contribution in [0.15, 0.2) is 41.3 Å². The molecule has 0 saturated heterocycles. The summed E-state index contributed by atoms with van der Waals surface area (Å²) >= 11 is 0. The minimum atomic E-state index is -4.10. The smallest absolute Gasteiger partial charge is 0.337 e. The van der Waals surface area contributed by atoms with Gasteiger partial charge in [-0.3, -0.25) is 0 Å². The van der Waals surface area contributed by atoms with E-state index in [0.717, 1.165) is 11.6 Å². The molecule has 0 atom stereocenters. The maximum atomic E-state index is 11.8. The summed E-state index contributed by atoms with van der Waals surface area (Å²) in [6.45, 7) is 1.89. The van der Waals surface area contributed by atoms with Crippen molar-refractivity contribution in [2.75, 3.05) is 0 Å². The first-order chi connectivity index (χ1) is 10.2. The van der Waals surface area contributed by atoms with Crippen LogP contribution in [0.5, 0.6) is 0 Å². The molecule has 0 saturated carbocycles. The van der Waals surface area contributed by atoms with Gasteiger partial charge in [-0.05, 0) is 24.6 Å². The average Bonchev–Trinajstić information content (AvgIpc) is 2.45. The zero-order valence-corrected chi connectivity index (χ0v) is 12.5.